The van der Waals surface area contributed by atoms with Gasteiger partial charge in [-0.3, -0.25) is 9.59 Å². The van der Waals surface area contributed by atoms with Crippen LogP contribution in [0.1, 0.15) is 44.6 Å². The topological polar surface area (TPSA) is 122 Å². The lowest BCUT2D eigenvalue weighted by Crippen LogP contribution is -2.24. The molecule has 0 aliphatic carbocycles. The van der Waals surface area contributed by atoms with E-state index in [1.54, 1.807) is 26.0 Å². The molecule has 1 amide bonds. The van der Waals surface area contributed by atoms with Gasteiger partial charge in [0.2, 0.25) is 10.0 Å². The molecule has 1 aromatic carbocycles. The van der Waals surface area contributed by atoms with E-state index < -0.39 is 10.0 Å². The van der Waals surface area contributed by atoms with Gasteiger partial charge in [0.25, 0.3) is 5.91 Å². The number of aromatic nitrogens is 1. The Bertz CT molecular complexity index is 896. The van der Waals surface area contributed by atoms with E-state index in [-0.39, 0.29) is 23.1 Å². The first-order valence-corrected chi connectivity index (χ1v) is 8.76. The summed E-state index contributed by atoms with van der Waals surface area (Å²) in [6.45, 7) is 5.11. The van der Waals surface area contributed by atoms with Crippen LogP contribution in [0, 0.1) is 13.8 Å². The van der Waals surface area contributed by atoms with Gasteiger partial charge in [0.15, 0.2) is 5.78 Å². The van der Waals surface area contributed by atoms with Crippen molar-refractivity contribution in [1.29, 1.82) is 0 Å². The fourth-order valence-corrected chi connectivity index (χ4v) is 3.03. The van der Waals surface area contributed by atoms with E-state index >= 15 is 0 Å². The highest BCUT2D eigenvalue weighted by atomic mass is 32.2. The van der Waals surface area contributed by atoms with E-state index in [1.165, 1.54) is 19.1 Å². The van der Waals surface area contributed by atoms with E-state index in [2.05, 4.69) is 10.3 Å². The molecule has 8 heteroatoms. The maximum atomic E-state index is 12.4. The van der Waals surface area contributed by atoms with Crippen LogP contribution < -0.4 is 10.5 Å². The standard InChI is InChI=1S/C16H19N3O4S/c1-9-14(10(2)19-15(9)11(3)20)16(21)18-8-12-4-6-13(7-5-12)24(17,22)23/h4-7,19H,8H2,1-3H3,(H,18,21)(H2,17,22,23). The van der Waals surface area contributed by atoms with E-state index in [4.69, 9.17) is 5.14 Å². The number of sulfonamides is 1. The highest BCUT2D eigenvalue weighted by Gasteiger charge is 2.19. The SMILES string of the molecule is CC(=O)c1[nH]c(C)c(C(=O)NCc2ccc(S(N)(=O)=O)cc2)c1C. The molecular formula is C16H19N3O4S. The molecule has 1 aromatic heterocycles. The zero-order valence-corrected chi connectivity index (χ0v) is 14.5. The van der Waals surface area contributed by atoms with Crippen molar-refractivity contribution in [2.45, 2.75) is 32.2 Å². The number of rotatable bonds is 5. The number of amides is 1. The van der Waals surface area contributed by atoms with E-state index in [0.29, 0.717) is 22.5 Å². The van der Waals surface area contributed by atoms with Crippen LogP contribution in [0.3, 0.4) is 0 Å². The molecule has 0 fully saturated rings. The quantitative estimate of drug-likeness (QED) is 0.706. The Morgan fingerprint density at radius 1 is 1.17 bits per heavy atom. The van der Waals surface area contributed by atoms with E-state index in [1.807, 2.05) is 0 Å². The van der Waals surface area contributed by atoms with Gasteiger partial charge >= 0.3 is 0 Å². The van der Waals surface area contributed by atoms with Crippen LogP contribution in [-0.4, -0.2) is 25.1 Å². The van der Waals surface area contributed by atoms with E-state index in [0.717, 1.165) is 5.56 Å². The Balaban J connectivity index is 2.13. The van der Waals surface area contributed by atoms with Gasteiger partial charge in [-0.05, 0) is 37.1 Å². The molecule has 24 heavy (non-hydrogen) atoms. The smallest absolute Gasteiger partial charge is 0.253 e. The molecule has 2 aromatic rings. The van der Waals surface area contributed by atoms with Gasteiger partial charge in [-0.25, -0.2) is 13.6 Å². The molecule has 7 nitrogen and oxygen atoms in total. The second kappa shape index (κ2) is 6.58. The molecular weight excluding hydrogens is 330 g/mol. The molecule has 0 unspecified atom stereocenters. The molecule has 0 saturated carbocycles. The van der Waals surface area contributed by atoms with Crippen molar-refractivity contribution in [2.75, 3.05) is 0 Å². The highest BCUT2D eigenvalue weighted by molar-refractivity contribution is 7.89. The normalized spacial score (nSPS) is 11.3. The highest BCUT2D eigenvalue weighted by Crippen LogP contribution is 2.18. The molecule has 0 aliphatic rings. The number of Topliss-reactive ketones (excluding diaryl/α,β-unsaturated/α-hetero) is 1. The van der Waals surface area contributed by atoms with Crippen molar-refractivity contribution in [1.82, 2.24) is 10.3 Å². The summed E-state index contributed by atoms with van der Waals surface area (Å²) < 4.78 is 22.4. The lowest BCUT2D eigenvalue weighted by atomic mass is 10.1. The number of H-pyrrole nitrogens is 1. The second-order valence-electron chi connectivity index (χ2n) is 5.55. The van der Waals surface area contributed by atoms with Crippen molar-refractivity contribution < 1.29 is 18.0 Å². The number of ketones is 1. The number of aromatic amines is 1. The summed E-state index contributed by atoms with van der Waals surface area (Å²) in [7, 11) is -3.73. The molecule has 0 bridgehead atoms. The summed E-state index contributed by atoms with van der Waals surface area (Å²) in [5.41, 5.74) is 2.84. The average Bonchev–Trinajstić information content (AvgIpc) is 2.79. The summed E-state index contributed by atoms with van der Waals surface area (Å²) in [5, 5.41) is 7.79. The summed E-state index contributed by atoms with van der Waals surface area (Å²) in [4.78, 5) is 26.8. The van der Waals surface area contributed by atoms with Gasteiger partial charge < -0.3 is 10.3 Å². The van der Waals surface area contributed by atoms with Gasteiger partial charge in [0.1, 0.15) is 0 Å². The third-order valence-corrected chi connectivity index (χ3v) is 4.65. The van der Waals surface area contributed by atoms with Crippen LogP contribution in [0.2, 0.25) is 0 Å². The maximum Gasteiger partial charge on any atom is 0.253 e. The first-order valence-electron chi connectivity index (χ1n) is 7.21. The minimum Gasteiger partial charge on any atom is -0.355 e. The van der Waals surface area contributed by atoms with Gasteiger partial charge in [0.05, 0.1) is 16.2 Å². The van der Waals surface area contributed by atoms with Crippen molar-refractivity contribution >= 4 is 21.7 Å². The summed E-state index contributed by atoms with van der Waals surface area (Å²) in [6.07, 6.45) is 0. The fraction of sp³-hybridized carbons (Fsp3) is 0.250. The van der Waals surface area contributed by atoms with Gasteiger partial charge in [-0.15, -0.1) is 0 Å². The lowest BCUT2D eigenvalue weighted by Gasteiger charge is -2.07. The van der Waals surface area contributed by atoms with Gasteiger partial charge in [-0.1, -0.05) is 12.1 Å². The largest absolute Gasteiger partial charge is 0.355 e. The average molecular weight is 349 g/mol. The first-order chi connectivity index (χ1) is 11.1. The summed E-state index contributed by atoms with van der Waals surface area (Å²) >= 11 is 0. The summed E-state index contributed by atoms with van der Waals surface area (Å²) in [6, 6.07) is 5.94. The molecule has 2 rings (SSSR count). The molecule has 4 N–H and O–H groups in total. The Hall–Kier alpha value is -2.45. The van der Waals surface area contributed by atoms with E-state index in [9.17, 15) is 18.0 Å². The zero-order valence-electron chi connectivity index (χ0n) is 13.6. The van der Waals surface area contributed by atoms with Crippen LogP contribution in [0.5, 0.6) is 0 Å². The number of hydrogen-bond acceptors (Lipinski definition) is 4. The van der Waals surface area contributed by atoms with Crippen LogP contribution in [-0.2, 0) is 16.6 Å². The minimum absolute atomic E-state index is 0.0148. The molecule has 0 spiro atoms. The number of primary sulfonamides is 1. The molecule has 0 aliphatic heterocycles. The fourth-order valence-electron chi connectivity index (χ4n) is 2.51. The number of benzene rings is 1. The number of carbonyl (C=O) groups is 2. The Morgan fingerprint density at radius 3 is 2.21 bits per heavy atom. The lowest BCUT2D eigenvalue weighted by molar-refractivity contribution is 0.0949. The van der Waals surface area contributed by atoms with Crippen LogP contribution in [0.4, 0.5) is 0 Å². The Labute approximate surface area is 140 Å². The summed E-state index contributed by atoms with van der Waals surface area (Å²) in [5.74, 6) is -0.433. The molecule has 0 atom stereocenters. The Morgan fingerprint density at radius 2 is 1.75 bits per heavy atom. The predicted octanol–water partition coefficient (Wildman–Crippen LogP) is 1.41. The molecule has 0 radical (unpaired) electrons. The minimum atomic E-state index is -3.73. The number of hydrogen-bond donors (Lipinski definition) is 3. The van der Waals surface area contributed by atoms with Crippen LogP contribution in [0.25, 0.3) is 0 Å². The second-order valence-corrected chi connectivity index (χ2v) is 7.11. The monoisotopic (exact) mass is 349 g/mol. The van der Waals surface area contributed by atoms with Crippen molar-refractivity contribution in [2.24, 2.45) is 5.14 Å². The number of aryl methyl sites for hydroxylation is 1. The van der Waals surface area contributed by atoms with Crippen LogP contribution >= 0.6 is 0 Å². The molecule has 1 heterocycles. The van der Waals surface area contributed by atoms with Crippen molar-refractivity contribution in [3.8, 4) is 0 Å². The predicted molar refractivity (Wildman–Crippen MR) is 89.3 cm³/mol. The first kappa shape index (κ1) is 17.9. The maximum absolute atomic E-state index is 12.4. The third kappa shape index (κ3) is 3.72. The number of carbonyl (C=O) groups excluding carboxylic acids is 2. The van der Waals surface area contributed by atoms with Crippen molar-refractivity contribution in [3.05, 3.63) is 52.3 Å². The number of nitrogens with one attached hydrogen (secondary N) is 2. The molecule has 0 saturated heterocycles. The zero-order chi connectivity index (χ0) is 18.1. The molecule has 128 valence electrons. The van der Waals surface area contributed by atoms with Crippen LogP contribution in [0.15, 0.2) is 29.2 Å². The third-order valence-electron chi connectivity index (χ3n) is 3.72. The van der Waals surface area contributed by atoms with Gasteiger partial charge in [-0.2, -0.15) is 0 Å². The van der Waals surface area contributed by atoms with Crippen molar-refractivity contribution in [3.63, 3.8) is 0 Å². The number of nitrogens with two attached hydrogens (primary N) is 1. The van der Waals surface area contributed by atoms with Gasteiger partial charge in [0, 0.05) is 19.2 Å². The Kier molecular flexibility index (Phi) is 4.91.